The number of nitrogens with zero attached hydrogens (tertiary/aromatic N) is 2. The number of alkyl halides is 2. The van der Waals surface area contributed by atoms with Crippen molar-refractivity contribution in [3.05, 3.63) is 131 Å². The average molecular weight is 751 g/mol. The molecule has 0 atom stereocenters. The minimum Gasteiger partial charge on any atom is -0.344 e. The van der Waals surface area contributed by atoms with E-state index in [-0.39, 0.29) is 47.7 Å². The Hall–Kier alpha value is -5.13. The predicted molar refractivity (Wildman–Crippen MR) is 184 cm³/mol. The lowest BCUT2D eigenvalue weighted by molar-refractivity contribution is -0.131. The molecule has 11 nitrogen and oxygen atoms in total. The number of rotatable bonds is 14. The van der Waals surface area contributed by atoms with Gasteiger partial charge in [-0.05, 0) is 36.4 Å². The number of carbonyl (C=O) groups is 3. The molecule has 0 saturated heterocycles. The highest BCUT2D eigenvalue weighted by molar-refractivity contribution is 7.92. The zero-order valence-corrected chi connectivity index (χ0v) is 28.9. The molecule has 17 heteroatoms. The van der Waals surface area contributed by atoms with Crippen LogP contribution in [0.25, 0.3) is 0 Å². The monoisotopic (exact) mass is 750 g/mol. The van der Waals surface area contributed by atoms with Gasteiger partial charge in [0, 0.05) is 22.3 Å². The maximum atomic E-state index is 14.4. The fraction of sp³-hybridized carbons (Fsp3) is 0.206. The van der Waals surface area contributed by atoms with Crippen molar-refractivity contribution in [3.8, 4) is 0 Å². The van der Waals surface area contributed by atoms with Gasteiger partial charge in [-0.25, -0.2) is 25.6 Å². The number of hydrogen-bond acceptors (Lipinski definition) is 8. The minimum absolute atomic E-state index is 0.0162. The molecule has 3 N–H and O–H groups in total. The number of Topliss-reactive ketones (excluding diaryl/α,β-unsaturated/α-hetero) is 2. The standard InChI is InChI=1S/C18H17F3N2O4S.C16H17FN2O3S/c1-28(26,27)23(14-5-3-2-4-6-14)11-13-8-7-12(9-15(13)19)16(24)10-22-18(25)17(20)21;1-23(21,22)19(14-5-3-2-4-6-14)11-13-8-7-12(9-15(13)17)16(20)10-18/h2-9,17H,10-11H2,1H3,(H,22,25);2-9H,10-11,18H2,1H3. The molecule has 0 spiro atoms. The zero-order valence-electron chi connectivity index (χ0n) is 27.3. The number of benzene rings is 4. The third kappa shape index (κ3) is 11.7. The third-order valence-electron chi connectivity index (χ3n) is 7.07. The van der Waals surface area contributed by atoms with Crippen LogP contribution < -0.4 is 19.7 Å². The van der Waals surface area contributed by atoms with Crippen molar-refractivity contribution in [2.45, 2.75) is 19.5 Å². The lowest BCUT2D eigenvalue weighted by Crippen LogP contribution is -2.34. The summed E-state index contributed by atoms with van der Waals surface area (Å²) in [4.78, 5) is 34.2. The van der Waals surface area contributed by atoms with Crippen LogP contribution in [-0.4, -0.2) is 66.3 Å². The molecule has 0 aliphatic rings. The summed E-state index contributed by atoms with van der Waals surface area (Å²) in [5, 5.41) is 1.74. The Morgan fingerprint density at radius 3 is 1.39 bits per heavy atom. The minimum atomic E-state index is -3.70. The molecule has 0 radical (unpaired) electrons. The van der Waals surface area contributed by atoms with Crippen LogP contribution in [0.15, 0.2) is 97.1 Å². The molecule has 272 valence electrons. The number of hydrogen-bond donors (Lipinski definition) is 2. The molecule has 0 aliphatic heterocycles. The molecule has 0 aromatic heterocycles. The van der Waals surface area contributed by atoms with Crippen LogP contribution in [0.4, 0.5) is 28.9 Å². The summed E-state index contributed by atoms with van der Waals surface area (Å²) in [5.41, 5.74) is 6.25. The van der Waals surface area contributed by atoms with E-state index in [4.69, 9.17) is 5.73 Å². The van der Waals surface area contributed by atoms with E-state index in [1.165, 1.54) is 24.3 Å². The van der Waals surface area contributed by atoms with Crippen LogP contribution in [-0.2, 0) is 37.9 Å². The van der Waals surface area contributed by atoms with Gasteiger partial charge in [-0.3, -0.25) is 23.0 Å². The number of nitrogens with one attached hydrogen (secondary N) is 1. The van der Waals surface area contributed by atoms with Crippen LogP contribution in [0.2, 0.25) is 0 Å². The first-order valence-electron chi connectivity index (χ1n) is 14.9. The number of nitrogens with two attached hydrogens (primary N) is 1. The topological polar surface area (TPSA) is 164 Å². The SMILES string of the molecule is CS(=O)(=O)N(Cc1ccc(C(=O)CN)cc1F)c1ccccc1.CS(=O)(=O)N(Cc1ccc(C(=O)CNC(=O)C(F)F)cc1F)c1ccccc1. The zero-order chi connectivity index (χ0) is 37.9. The van der Waals surface area contributed by atoms with Crippen LogP contribution in [0.1, 0.15) is 31.8 Å². The van der Waals surface area contributed by atoms with E-state index in [2.05, 4.69) is 0 Å². The van der Waals surface area contributed by atoms with Gasteiger partial charge in [0.05, 0.1) is 50.1 Å². The summed E-state index contributed by atoms with van der Waals surface area (Å²) in [6.07, 6.45) is -1.21. The normalized spacial score (nSPS) is 11.3. The number of para-hydroxylation sites is 2. The van der Waals surface area contributed by atoms with E-state index in [1.807, 2.05) is 0 Å². The molecule has 0 bridgehead atoms. The van der Waals surface area contributed by atoms with Gasteiger partial charge >= 0.3 is 6.43 Å². The summed E-state index contributed by atoms with van der Waals surface area (Å²) >= 11 is 0. The first kappa shape index (κ1) is 40.3. The Bertz CT molecular complexity index is 2070. The third-order valence-corrected chi connectivity index (χ3v) is 9.35. The summed E-state index contributed by atoms with van der Waals surface area (Å²) in [6, 6.07) is 23.8. The molecule has 1 amide bonds. The van der Waals surface area contributed by atoms with Crippen molar-refractivity contribution in [1.82, 2.24) is 5.32 Å². The van der Waals surface area contributed by atoms with Gasteiger partial charge in [0.2, 0.25) is 20.0 Å². The van der Waals surface area contributed by atoms with Crippen LogP contribution in [0.3, 0.4) is 0 Å². The lowest BCUT2D eigenvalue weighted by atomic mass is 10.1. The Morgan fingerprint density at radius 1 is 0.667 bits per heavy atom. The number of carbonyl (C=O) groups excluding carboxylic acids is 3. The smallest absolute Gasteiger partial charge is 0.315 e. The fourth-order valence-electron chi connectivity index (χ4n) is 4.46. The van der Waals surface area contributed by atoms with Crippen molar-refractivity contribution >= 4 is 48.9 Å². The maximum Gasteiger partial charge on any atom is 0.315 e. The molecule has 4 rings (SSSR count). The van der Waals surface area contributed by atoms with E-state index in [0.29, 0.717) is 11.4 Å². The molecule has 51 heavy (non-hydrogen) atoms. The highest BCUT2D eigenvalue weighted by Gasteiger charge is 2.22. The van der Waals surface area contributed by atoms with E-state index in [1.54, 1.807) is 66.0 Å². The van der Waals surface area contributed by atoms with Crippen LogP contribution >= 0.6 is 0 Å². The molecule has 0 saturated carbocycles. The van der Waals surface area contributed by atoms with Gasteiger partial charge in [0.15, 0.2) is 11.6 Å². The van der Waals surface area contributed by atoms with E-state index < -0.39 is 56.3 Å². The fourth-order valence-corrected chi connectivity index (χ4v) is 6.22. The first-order valence-corrected chi connectivity index (χ1v) is 18.6. The van der Waals surface area contributed by atoms with Crippen molar-refractivity contribution in [2.75, 3.05) is 34.2 Å². The second-order valence-electron chi connectivity index (χ2n) is 10.9. The van der Waals surface area contributed by atoms with Gasteiger partial charge in [-0.1, -0.05) is 60.7 Å². The van der Waals surface area contributed by atoms with Crippen molar-refractivity contribution < 1.29 is 48.8 Å². The molecule has 0 aliphatic carbocycles. The molecular formula is C34H34F4N4O7S2. The van der Waals surface area contributed by atoms with E-state index in [0.717, 1.165) is 33.3 Å². The molecular weight excluding hydrogens is 717 g/mol. The molecule has 4 aromatic carbocycles. The Labute approximate surface area is 292 Å². The number of sulfonamides is 2. The van der Waals surface area contributed by atoms with Gasteiger partial charge in [0.25, 0.3) is 5.91 Å². The average Bonchev–Trinajstić information content (AvgIpc) is 3.08. The van der Waals surface area contributed by atoms with Gasteiger partial charge < -0.3 is 11.1 Å². The van der Waals surface area contributed by atoms with Gasteiger partial charge in [0.1, 0.15) is 11.6 Å². The number of anilines is 2. The number of halogens is 4. The van der Waals surface area contributed by atoms with Gasteiger partial charge in [-0.2, -0.15) is 8.78 Å². The second-order valence-corrected chi connectivity index (χ2v) is 14.7. The summed E-state index contributed by atoms with van der Waals surface area (Å²) in [7, 11) is -7.29. The molecule has 0 fully saturated rings. The summed E-state index contributed by atoms with van der Waals surface area (Å²) < 4.78 is 103. The van der Waals surface area contributed by atoms with Crippen LogP contribution in [0.5, 0.6) is 0 Å². The predicted octanol–water partition coefficient (Wildman–Crippen LogP) is 4.29. The largest absolute Gasteiger partial charge is 0.344 e. The second kappa shape index (κ2) is 17.7. The lowest BCUT2D eigenvalue weighted by Gasteiger charge is -2.22. The van der Waals surface area contributed by atoms with Crippen molar-refractivity contribution in [1.29, 1.82) is 0 Å². The Kier molecular flexibility index (Phi) is 14.0. The van der Waals surface area contributed by atoms with E-state index in [9.17, 15) is 48.8 Å². The van der Waals surface area contributed by atoms with E-state index >= 15 is 0 Å². The number of ketones is 2. The van der Waals surface area contributed by atoms with Crippen molar-refractivity contribution in [2.24, 2.45) is 5.73 Å². The molecule has 0 unspecified atom stereocenters. The van der Waals surface area contributed by atoms with Gasteiger partial charge in [-0.15, -0.1) is 0 Å². The molecule has 4 aromatic rings. The highest BCUT2D eigenvalue weighted by atomic mass is 32.2. The summed E-state index contributed by atoms with van der Waals surface area (Å²) in [5.74, 6) is -4.22. The quantitative estimate of drug-likeness (QED) is 0.143. The Morgan fingerprint density at radius 2 is 1.06 bits per heavy atom. The maximum absolute atomic E-state index is 14.4. The first-order chi connectivity index (χ1) is 23.9. The number of amides is 1. The van der Waals surface area contributed by atoms with Crippen molar-refractivity contribution in [3.63, 3.8) is 0 Å². The molecule has 0 heterocycles. The Balaban J connectivity index is 0.000000281. The highest BCUT2D eigenvalue weighted by Crippen LogP contribution is 2.23. The summed E-state index contributed by atoms with van der Waals surface area (Å²) in [6.45, 7) is -1.38. The van der Waals surface area contributed by atoms with Crippen LogP contribution in [0, 0.1) is 11.6 Å².